The molecular formula is C24H27N5O4. The number of amides is 2. The Morgan fingerprint density at radius 1 is 1.03 bits per heavy atom. The first-order valence-corrected chi connectivity index (χ1v) is 10.3. The number of rotatable bonds is 7. The largest absolute Gasteiger partial charge is 0.481 e. The van der Waals surface area contributed by atoms with Crippen molar-refractivity contribution in [2.75, 3.05) is 43.9 Å². The Hall–Kier alpha value is -4.11. The van der Waals surface area contributed by atoms with Gasteiger partial charge in [-0.2, -0.15) is 0 Å². The fraction of sp³-hybridized carbons (Fsp3) is 0.208. The van der Waals surface area contributed by atoms with Gasteiger partial charge in [-0.3, -0.25) is 4.79 Å². The lowest BCUT2D eigenvalue weighted by atomic mass is 10.1. The number of nitrogens with one attached hydrogen (secondary N) is 1. The van der Waals surface area contributed by atoms with Gasteiger partial charge in [0.05, 0.1) is 30.8 Å². The minimum absolute atomic E-state index is 0.261. The van der Waals surface area contributed by atoms with Gasteiger partial charge in [-0.25, -0.2) is 19.8 Å². The molecule has 0 aliphatic carbocycles. The van der Waals surface area contributed by atoms with Crippen LogP contribution in [0.3, 0.4) is 0 Å². The number of aromatic nitrogens is 1. The van der Waals surface area contributed by atoms with Crippen LogP contribution in [0, 0.1) is 0 Å². The lowest BCUT2D eigenvalue weighted by Crippen LogP contribution is -2.42. The van der Waals surface area contributed by atoms with Gasteiger partial charge in [0.25, 0.3) is 5.91 Å². The Morgan fingerprint density at radius 2 is 1.73 bits per heavy atom. The quantitative estimate of drug-likeness (QED) is 0.414. The number of hydrogen-bond acceptors (Lipinski definition) is 7. The van der Waals surface area contributed by atoms with Crippen molar-refractivity contribution in [1.29, 1.82) is 0 Å². The summed E-state index contributed by atoms with van der Waals surface area (Å²) in [6.45, 7) is 2.00. The first kappa shape index (κ1) is 23.6. The molecular weight excluding hydrogens is 422 g/mol. The number of hydrogen-bond donors (Lipinski definition) is 2. The van der Waals surface area contributed by atoms with Crippen molar-refractivity contribution in [3.05, 3.63) is 66.4 Å². The molecule has 2 amide bonds. The number of benzene rings is 2. The third-order valence-corrected chi connectivity index (χ3v) is 4.80. The van der Waals surface area contributed by atoms with Crippen molar-refractivity contribution in [2.45, 2.75) is 6.92 Å². The smallest absolute Gasteiger partial charge is 0.429 e. The second-order valence-corrected chi connectivity index (χ2v) is 7.25. The highest BCUT2D eigenvalue weighted by Crippen LogP contribution is 2.28. The van der Waals surface area contributed by atoms with E-state index in [0.29, 0.717) is 28.5 Å². The van der Waals surface area contributed by atoms with Gasteiger partial charge < -0.3 is 20.5 Å². The molecule has 1 aromatic heterocycles. The number of nitrogen functional groups attached to an aromatic ring is 1. The number of methoxy groups -OCH3 is 1. The fourth-order valence-corrected chi connectivity index (χ4v) is 3.15. The molecule has 0 radical (unpaired) electrons. The normalized spacial score (nSPS) is 10.6. The molecule has 2 aromatic carbocycles. The minimum atomic E-state index is -0.502. The number of anilines is 3. The van der Waals surface area contributed by atoms with E-state index >= 15 is 0 Å². The number of nitrogens with zero attached hydrogens (tertiary/aromatic N) is 3. The molecule has 0 bridgehead atoms. The van der Waals surface area contributed by atoms with Crippen LogP contribution in [-0.2, 0) is 4.74 Å². The summed E-state index contributed by atoms with van der Waals surface area (Å²) in [7, 11) is 5.01. The van der Waals surface area contributed by atoms with E-state index in [4.69, 9.17) is 15.2 Å². The Balaban J connectivity index is 1.78. The van der Waals surface area contributed by atoms with E-state index in [9.17, 15) is 9.59 Å². The summed E-state index contributed by atoms with van der Waals surface area (Å²) in [6, 6.07) is 15.6. The molecule has 3 aromatic rings. The van der Waals surface area contributed by atoms with Crippen LogP contribution in [0.25, 0.3) is 11.1 Å². The molecule has 0 fully saturated rings. The summed E-state index contributed by atoms with van der Waals surface area (Å²) in [6.07, 6.45) is 1.19. The monoisotopic (exact) mass is 449 g/mol. The maximum Gasteiger partial charge on any atom is 0.429 e. The summed E-state index contributed by atoms with van der Waals surface area (Å²) < 4.78 is 10.2. The van der Waals surface area contributed by atoms with Crippen molar-refractivity contribution in [3.63, 3.8) is 0 Å². The Labute approximate surface area is 192 Å². The van der Waals surface area contributed by atoms with Gasteiger partial charge >= 0.3 is 6.09 Å². The topological polar surface area (TPSA) is 110 Å². The number of hydrazine groups is 1. The third kappa shape index (κ3) is 5.58. The Morgan fingerprint density at radius 3 is 2.30 bits per heavy atom. The first-order chi connectivity index (χ1) is 15.8. The van der Waals surface area contributed by atoms with E-state index < -0.39 is 6.09 Å². The maximum absolute atomic E-state index is 12.8. The number of nitrogens with two attached hydrogens (primary N) is 1. The molecule has 0 aliphatic heterocycles. The zero-order valence-electron chi connectivity index (χ0n) is 19.0. The predicted molar refractivity (Wildman–Crippen MR) is 128 cm³/mol. The van der Waals surface area contributed by atoms with Gasteiger partial charge in [-0.15, -0.1) is 0 Å². The van der Waals surface area contributed by atoms with Gasteiger partial charge in [0, 0.05) is 37.5 Å². The van der Waals surface area contributed by atoms with Crippen molar-refractivity contribution in [1.82, 2.24) is 9.99 Å². The summed E-state index contributed by atoms with van der Waals surface area (Å²) in [5, 5.41) is 5.82. The van der Waals surface area contributed by atoms with E-state index in [2.05, 4.69) is 10.3 Å². The maximum atomic E-state index is 12.8. The molecule has 9 heteroatoms. The molecule has 9 nitrogen and oxygen atoms in total. The Bertz CT molecular complexity index is 1110. The standard InChI is InChI=1S/C24H27N5O4/c1-5-33-24(31)29(28(2)3)19-10-6-16(7-11-19)23(30)27-21-14-17(8-12-20(21)25)18-9-13-22(32-4)26-15-18/h6-15H,5,25H2,1-4H3,(H,27,30). The Kier molecular flexibility index (Phi) is 7.47. The van der Waals surface area contributed by atoms with Gasteiger partial charge in [0.15, 0.2) is 0 Å². The highest BCUT2D eigenvalue weighted by atomic mass is 16.6. The van der Waals surface area contributed by atoms with Crippen LogP contribution in [0.5, 0.6) is 5.88 Å². The summed E-state index contributed by atoms with van der Waals surface area (Å²) in [5.74, 6) is 0.188. The highest BCUT2D eigenvalue weighted by molar-refractivity contribution is 6.06. The predicted octanol–water partition coefficient (Wildman–Crippen LogP) is 4.03. The van der Waals surface area contributed by atoms with Crippen LogP contribution < -0.4 is 20.8 Å². The van der Waals surface area contributed by atoms with Gasteiger partial charge in [0.2, 0.25) is 5.88 Å². The molecule has 172 valence electrons. The molecule has 33 heavy (non-hydrogen) atoms. The van der Waals surface area contributed by atoms with Gasteiger partial charge in [-0.1, -0.05) is 6.07 Å². The second-order valence-electron chi connectivity index (χ2n) is 7.25. The van der Waals surface area contributed by atoms with E-state index in [0.717, 1.165) is 11.1 Å². The molecule has 0 saturated heterocycles. The average Bonchev–Trinajstić information content (AvgIpc) is 2.81. The van der Waals surface area contributed by atoms with E-state index in [1.165, 1.54) is 5.01 Å². The van der Waals surface area contributed by atoms with E-state index in [-0.39, 0.29) is 12.5 Å². The van der Waals surface area contributed by atoms with Crippen LogP contribution >= 0.6 is 0 Å². The van der Waals surface area contributed by atoms with Crippen molar-refractivity contribution in [2.24, 2.45) is 0 Å². The lowest BCUT2D eigenvalue weighted by Gasteiger charge is -2.27. The molecule has 0 atom stereocenters. The summed E-state index contributed by atoms with van der Waals surface area (Å²) >= 11 is 0. The molecule has 0 saturated carbocycles. The van der Waals surface area contributed by atoms with Crippen molar-refractivity contribution < 1.29 is 19.1 Å². The molecule has 1 heterocycles. The molecule has 0 spiro atoms. The number of carbonyl (C=O) groups excluding carboxylic acids is 2. The zero-order valence-corrected chi connectivity index (χ0v) is 19.0. The molecule has 0 unspecified atom stereocenters. The SMILES string of the molecule is CCOC(=O)N(c1ccc(C(=O)Nc2cc(-c3ccc(OC)nc3)ccc2N)cc1)N(C)C. The van der Waals surface area contributed by atoms with E-state index in [1.54, 1.807) is 81.8 Å². The summed E-state index contributed by atoms with van der Waals surface area (Å²) in [4.78, 5) is 29.3. The molecule has 0 aliphatic rings. The first-order valence-electron chi connectivity index (χ1n) is 10.3. The van der Waals surface area contributed by atoms with Crippen LogP contribution in [0.2, 0.25) is 0 Å². The average molecular weight is 450 g/mol. The third-order valence-electron chi connectivity index (χ3n) is 4.80. The van der Waals surface area contributed by atoms with Gasteiger partial charge in [0.1, 0.15) is 0 Å². The van der Waals surface area contributed by atoms with Crippen molar-refractivity contribution in [3.8, 4) is 17.0 Å². The van der Waals surface area contributed by atoms with Crippen molar-refractivity contribution >= 4 is 29.1 Å². The van der Waals surface area contributed by atoms with Crippen LogP contribution in [0.4, 0.5) is 21.9 Å². The number of carbonyl (C=O) groups is 2. The van der Waals surface area contributed by atoms with Crippen LogP contribution in [0.15, 0.2) is 60.8 Å². The number of pyridine rings is 1. The lowest BCUT2D eigenvalue weighted by molar-refractivity contribution is 0.102. The molecule has 3 N–H and O–H groups in total. The van der Waals surface area contributed by atoms with Crippen LogP contribution in [-0.4, -0.2) is 49.8 Å². The fourth-order valence-electron chi connectivity index (χ4n) is 3.15. The number of ether oxygens (including phenoxy) is 2. The molecule has 3 rings (SSSR count). The second kappa shape index (κ2) is 10.5. The zero-order chi connectivity index (χ0) is 24.0. The van der Waals surface area contributed by atoms with Crippen LogP contribution in [0.1, 0.15) is 17.3 Å². The minimum Gasteiger partial charge on any atom is -0.481 e. The van der Waals surface area contributed by atoms with E-state index in [1.807, 2.05) is 12.1 Å². The summed E-state index contributed by atoms with van der Waals surface area (Å²) in [5.41, 5.74) is 9.70. The van der Waals surface area contributed by atoms with Gasteiger partial charge in [-0.05, 0) is 55.0 Å². The highest BCUT2D eigenvalue weighted by Gasteiger charge is 2.20.